The molecule has 0 saturated carbocycles. The van der Waals surface area contributed by atoms with Crippen LogP contribution in [0.15, 0.2) is 40.2 Å². The number of thiazole rings is 1. The van der Waals surface area contributed by atoms with Gasteiger partial charge in [0.1, 0.15) is 6.54 Å². The Balaban J connectivity index is 1.59. The lowest BCUT2D eigenvalue weighted by molar-refractivity contribution is -0.119. The molecular weight excluding hydrogens is 452 g/mol. The average Bonchev–Trinajstić information content (AvgIpc) is 3.43. The number of amides is 1. The summed E-state index contributed by atoms with van der Waals surface area (Å²) in [6, 6.07) is 10.0. The summed E-state index contributed by atoms with van der Waals surface area (Å²) in [5.74, 6) is -0.0246. The van der Waals surface area contributed by atoms with Crippen LogP contribution in [0, 0.1) is 13.8 Å². The summed E-state index contributed by atoms with van der Waals surface area (Å²) in [4.78, 5) is 19.8. The minimum absolute atomic E-state index is 0.0246. The topological polar surface area (TPSA) is 60.2 Å². The van der Waals surface area contributed by atoms with E-state index in [9.17, 15) is 4.79 Å². The second-order valence-corrected chi connectivity index (χ2v) is 9.00. The molecule has 1 aliphatic heterocycles. The Labute approximate surface area is 182 Å². The van der Waals surface area contributed by atoms with Crippen LogP contribution in [0.3, 0.4) is 0 Å². The van der Waals surface area contributed by atoms with Crippen LogP contribution in [0.2, 0.25) is 0 Å². The molecule has 1 unspecified atom stereocenters. The third kappa shape index (κ3) is 4.76. The van der Waals surface area contributed by atoms with Gasteiger partial charge in [-0.1, -0.05) is 28.1 Å². The second-order valence-electron chi connectivity index (χ2n) is 7.25. The number of nitrogens with zero attached hydrogens (tertiary/aromatic N) is 4. The van der Waals surface area contributed by atoms with Crippen LogP contribution in [0.5, 0.6) is 0 Å². The summed E-state index contributed by atoms with van der Waals surface area (Å²) in [5, 5.41) is 7.13. The SMILES string of the molecule is Cc1cc(C)n(CC(=O)N(CC2CCCO2)c2nc(-c3ccc(Br)cc3)cs2)n1. The smallest absolute Gasteiger partial charge is 0.250 e. The van der Waals surface area contributed by atoms with Gasteiger partial charge in [0.2, 0.25) is 0 Å². The molecule has 8 heteroatoms. The van der Waals surface area contributed by atoms with Crippen molar-refractivity contribution >= 4 is 38.3 Å². The van der Waals surface area contributed by atoms with E-state index in [1.165, 1.54) is 11.3 Å². The molecule has 29 heavy (non-hydrogen) atoms. The van der Waals surface area contributed by atoms with Gasteiger partial charge in [0.05, 0.1) is 24.0 Å². The van der Waals surface area contributed by atoms with E-state index in [1.807, 2.05) is 49.6 Å². The minimum atomic E-state index is -0.0246. The molecule has 3 aromatic rings. The van der Waals surface area contributed by atoms with E-state index in [0.29, 0.717) is 11.7 Å². The Morgan fingerprint density at radius 3 is 2.79 bits per heavy atom. The third-order valence-electron chi connectivity index (χ3n) is 4.96. The number of ether oxygens (including phenoxy) is 1. The molecule has 0 radical (unpaired) electrons. The van der Waals surface area contributed by atoms with Crippen LogP contribution in [0.1, 0.15) is 24.2 Å². The molecule has 1 amide bonds. The van der Waals surface area contributed by atoms with E-state index in [-0.39, 0.29) is 18.6 Å². The highest BCUT2D eigenvalue weighted by molar-refractivity contribution is 9.10. The molecule has 1 saturated heterocycles. The lowest BCUT2D eigenvalue weighted by Gasteiger charge is -2.23. The normalized spacial score (nSPS) is 16.3. The van der Waals surface area contributed by atoms with Crippen molar-refractivity contribution < 1.29 is 9.53 Å². The molecule has 4 rings (SSSR count). The van der Waals surface area contributed by atoms with Crippen LogP contribution >= 0.6 is 27.3 Å². The Morgan fingerprint density at radius 1 is 1.34 bits per heavy atom. The molecule has 0 bridgehead atoms. The van der Waals surface area contributed by atoms with Gasteiger partial charge in [-0.15, -0.1) is 11.3 Å². The van der Waals surface area contributed by atoms with Crippen LogP contribution in [-0.2, 0) is 16.1 Å². The van der Waals surface area contributed by atoms with Crippen LogP contribution < -0.4 is 4.90 Å². The van der Waals surface area contributed by atoms with Crippen molar-refractivity contribution in [3.63, 3.8) is 0 Å². The Kier molecular flexibility index (Phi) is 6.12. The highest BCUT2D eigenvalue weighted by Gasteiger charge is 2.26. The first-order chi connectivity index (χ1) is 14.0. The molecule has 2 aromatic heterocycles. The molecule has 0 N–H and O–H groups in total. The summed E-state index contributed by atoms with van der Waals surface area (Å²) in [5.41, 5.74) is 3.78. The largest absolute Gasteiger partial charge is 0.376 e. The lowest BCUT2D eigenvalue weighted by Crippen LogP contribution is -2.39. The van der Waals surface area contributed by atoms with Gasteiger partial charge < -0.3 is 4.74 Å². The summed E-state index contributed by atoms with van der Waals surface area (Å²) in [6.07, 6.45) is 2.06. The predicted molar refractivity (Wildman–Crippen MR) is 118 cm³/mol. The van der Waals surface area contributed by atoms with Crippen LogP contribution in [0.25, 0.3) is 11.3 Å². The standard InChI is InChI=1S/C21H23BrN4O2S/c1-14-10-15(2)26(24-14)12-20(27)25(11-18-4-3-9-28-18)21-23-19(13-29-21)16-5-7-17(22)8-6-16/h5-8,10,13,18H,3-4,9,11-12H2,1-2H3. The maximum atomic E-state index is 13.2. The molecule has 1 aromatic carbocycles. The maximum Gasteiger partial charge on any atom is 0.250 e. The number of anilines is 1. The summed E-state index contributed by atoms with van der Waals surface area (Å²) < 4.78 is 8.57. The fourth-order valence-corrected chi connectivity index (χ4v) is 4.59. The van der Waals surface area contributed by atoms with Crippen molar-refractivity contribution in [1.82, 2.24) is 14.8 Å². The van der Waals surface area contributed by atoms with Gasteiger partial charge in [-0.25, -0.2) is 4.98 Å². The molecule has 1 fully saturated rings. The zero-order chi connectivity index (χ0) is 20.4. The Bertz CT molecular complexity index is 993. The molecule has 6 nitrogen and oxygen atoms in total. The first kappa shape index (κ1) is 20.3. The van der Waals surface area contributed by atoms with Gasteiger partial charge in [0.15, 0.2) is 5.13 Å². The van der Waals surface area contributed by atoms with Gasteiger partial charge in [-0.3, -0.25) is 14.4 Å². The zero-order valence-electron chi connectivity index (χ0n) is 16.5. The van der Waals surface area contributed by atoms with Gasteiger partial charge >= 0.3 is 0 Å². The fourth-order valence-electron chi connectivity index (χ4n) is 3.47. The van der Waals surface area contributed by atoms with E-state index in [4.69, 9.17) is 9.72 Å². The van der Waals surface area contributed by atoms with E-state index < -0.39 is 0 Å². The van der Waals surface area contributed by atoms with Gasteiger partial charge in [-0.05, 0) is 44.9 Å². The second kappa shape index (κ2) is 8.77. The maximum absolute atomic E-state index is 13.2. The number of aromatic nitrogens is 3. The number of halogens is 1. The summed E-state index contributed by atoms with van der Waals surface area (Å²) >= 11 is 4.95. The van der Waals surface area contributed by atoms with Crippen molar-refractivity contribution in [3.05, 3.63) is 51.6 Å². The van der Waals surface area contributed by atoms with E-state index in [0.717, 1.165) is 46.6 Å². The number of hydrogen-bond acceptors (Lipinski definition) is 5. The Hall–Kier alpha value is -2.03. The predicted octanol–water partition coefficient (Wildman–Crippen LogP) is 4.60. The first-order valence-corrected chi connectivity index (χ1v) is 11.3. The van der Waals surface area contributed by atoms with E-state index in [1.54, 1.807) is 9.58 Å². The van der Waals surface area contributed by atoms with Crippen molar-refractivity contribution in [3.8, 4) is 11.3 Å². The van der Waals surface area contributed by atoms with Gasteiger partial charge in [0, 0.05) is 27.7 Å². The third-order valence-corrected chi connectivity index (χ3v) is 6.35. The molecule has 152 valence electrons. The molecule has 1 aliphatic rings. The van der Waals surface area contributed by atoms with Crippen LogP contribution in [0.4, 0.5) is 5.13 Å². The van der Waals surface area contributed by atoms with Crippen molar-refractivity contribution in [1.29, 1.82) is 0 Å². The highest BCUT2D eigenvalue weighted by Crippen LogP contribution is 2.29. The van der Waals surface area contributed by atoms with Crippen molar-refractivity contribution in [2.24, 2.45) is 0 Å². The summed E-state index contributed by atoms with van der Waals surface area (Å²) in [7, 11) is 0. The Morgan fingerprint density at radius 2 is 2.14 bits per heavy atom. The number of carbonyl (C=O) groups is 1. The lowest BCUT2D eigenvalue weighted by atomic mass is 10.2. The van der Waals surface area contributed by atoms with Gasteiger partial charge in [0.25, 0.3) is 5.91 Å². The minimum Gasteiger partial charge on any atom is -0.376 e. The quantitative estimate of drug-likeness (QED) is 0.523. The van der Waals surface area contributed by atoms with Gasteiger partial charge in [-0.2, -0.15) is 5.10 Å². The number of aryl methyl sites for hydroxylation is 2. The molecule has 0 spiro atoms. The number of rotatable bonds is 6. The molecule has 1 atom stereocenters. The zero-order valence-corrected chi connectivity index (χ0v) is 18.9. The highest BCUT2D eigenvalue weighted by atomic mass is 79.9. The van der Waals surface area contributed by atoms with Crippen molar-refractivity contribution in [2.75, 3.05) is 18.1 Å². The summed E-state index contributed by atoms with van der Waals surface area (Å²) in [6.45, 7) is 5.37. The first-order valence-electron chi connectivity index (χ1n) is 9.64. The molecule has 3 heterocycles. The van der Waals surface area contributed by atoms with E-state index >= 15 is 0 Å². The van der Waals surface area contributed by atoms with Crippen molar-refractivity contribution in [2.45, 2.75) is 39.3 Å². The molecular formula is C21H23BrN4O2S. The molecule has 0 aliphatic carbocycles. The average molecular weight is 475 g/mol. The number of benzene rings is 1. The number of hydrogen-bond donors (Lipinski definition) is 0. The fraction of sp³-hybridized carbons (Fsp3) is 0.381. The van der Waals surface area contributed by atoms with E-state index in [2.05, 4.69) is 21.0 Å². The number of carbonyl (C=O) groups excluding carboxylic acids is 1. The monoisotopic (exact) mass is 474 g/mol. The van der Waals surface area contributed by atoms with Crippen LogP contribution in [-0.4, -0.2) is 39.9 Å².